The molecule has 7 heteroatoms. The summed E-state index contributed by atoms with van der Waals surface area (Å²) in [5.74, 6) is -0.378. The van der Waals surface area contributed by atoms with Crippen LogP contribution in [0.5, 0.6) is 0 Å². The summed E-state index contributed by atoms with van der Waals surface area (Å²) in [5, 5.41) is 2.75. The fourth-order valence-electron chi connectivity index (χ4n) is 4.75. The van der Waals surface area contributed by atoms with Crippen LogP contribution < -0.4 is 5.73 Å². The number of aromatic nitrogens is 2. The molecular weight excluding hydrogens is 410 g/mol. The highest BCUT2D eigenvalue weighted by Crippen LogP contribution is 2.38. The van der Waals surface area contributed by atoms with Gasteiger partial charge in [0.2, 0.25) is 5.91 Å². The van der Waals surface area contributed by atoms with Crippen LogP contribution in [-0.4, -0.2) is 65.4 Å². The number of halogens is 1. The first-order chi connectivity index (χ1) is 14.9. The zero-order chi connectivity index (χ0) is 21.6. The molecule has 3 heterocycles. The van der Waals surface area contributed by atoms with Crippen molar-refractivity contribution in [3.8, 4) is 0 Å². The van der Waals surface area contributed by atoms with Gasteiger partial charge >= 0.3 is 0 Å². The first-order valence-corrected chi connectivity index (χ1v) is 11.0. The summed E-state index contributed by atoms with van der Waals surface area (Å²) in [4.78, 5) is 24.4. The van der Waals surface area contributed by atoms with E-state index in [4.69, 9.17) is 17.3 Å². The lowest BCUT2D eigenvalue weighted by atomic mass is 9.73. The van der Waals surface area contributed by atoms with Gasteiger partial charge in [0.15, 0.2) is 0 Å². The fraction of sp³-hybridized carbons (Fsp3) is 0.333. The van der Waals surface area contributed by atoms with Crippen molar-refractivity contribution in [3.05, 3.63) is 64.8 Å². The second-order valence-electron chi connectivity index (χ2n) is 8.73. The number of carbonyl (C=O) groups is 1. The largest absolute Gasteiger partial charge is 0.366 e. The molecule has 0 radical (unpaired) electrons. The Morgan fingerprint density at radius 3 is 2.74 bits per heavy atom. The molecule has 6 nitrogen and oxygen atoms in total. The minimum Gasteiger partial charge on any atom is -0.366 e. The maximum atomic E-state index is 11.7. The topological polar surface area (TPSA) is 78.2 Å². The van der Waals surface area contributed by atoms with Crippen LogP contribution in [0.1, 0.15) is 12.0 Å². The third-order valence-corrected chi connectivity index (χ3v) is 6.85. The molecule has 1 amide bonds. The van der Waals surface area contributed by atoms with Gasteiger partial charge in [0.1, 0.15) is 5.65 Å². The van der Waals surface area contributed by atoms with Gasteiger partial charge in [-0.2, -0.15) is 0 Å². The van der Waals surface area contributed by atoms with Crippen molar-refractivity contribution < 1.29 is 4.79 Å². The number of primary amides is 1. The zero-order valence-electron chi connectivity index (χ0n) is 17.6. The summed E-state index contributed by atoms with van der Waals surface area (Å²) in [6.45, 7) is 5.09. The summed E-state index contributed by atoms with van der Waals surface area (Å²) in [6.07, 6.45) is 8.44. The van der Waals surface area contributed by atoms with Crippen LogP contribution in [0.15, 0.2) is 54.3 Å². The number of nitrogens with zero attached hydrogens (tertiary/aromatic N) is 3. The number of piperazine rings is 1. The van der Waals surface area contributed by atoms with Crippen LogP contribution in [-0.2, 0) is 10.2 Å². The molecule has 2 aliphatic rings. The predicted octanol–water partition coefficient (Wildman–Crippen LogP) is 3.23. The third-order valence-electron chi connectivity index (χ3n) is 6.65. The zero-order valence-corrected chi connectivity index (χ0v) is 18.3. The van der Waals surface area contributed by atoms with Crippen molar-refractivity contribution in [2.45, 2.75) is 11.8 Å². The Labute approximate surface area is 186 Å². The smallest absolute Gasteiger partial charge is 0.248 e. The molecule has 1 fully saturated rings. The van der Waals surface area contributed by atoms with Gasteiger partial charge < -0.3 is 15.6 Å². The van der Waals surface area contributed by atoms with Gasteiger partial charge in [0.05, 0.1) is 5.02 Å². The highest BCUT2D eigenvalue weighted by atomic mass is 35.5. The van der Waals surface area contributed by atoms with Crippen LogP contribution in [0.2, 0.25) is 5.02 Å². The van der Waals surface area contributed by atoms with Gasteiger partial charge in [-0.1, -0.05) is 35.9 Å². The lowest BCUT2D eigenvalue weighted by molar-refractivity contribution is -0.114. The second-order valence-corrected chi connectivity index (χ2v) is 9.17. The van der Waals surface area contributed by atoms with Gasteiger partial charge in [-0.15, -0.1) is 0 Å². The molecule has 31 heavy (non-hydrogen) atoms. The number of rotatable bonds is 4. The van der Waals surface area contributed by atoms with Crippen LogP contribution in [0.25, 0.3) is 21.9 Å². The number of H-pyrrole nitrogens is 1. The number of pyridine rings is 1. The summed E-state index contributed by atoms with van der Waals surface area (Å²) < 4.78 is 0. The predicted molar refractivity (Wildman–Crippen MR) is 125 cm³/mol. The van der Waals surface area contributed by atoms with Gasteiger partial charge in [0.25, 0.3) is 0 Å². The number of benzene rings is 1. The van der Waals surface area contributed by atoms with E-state index in [1.807, 2.05) is 18.2 Å². The highest BCUT2D eigenvalue weighted by molar-refractivity contribution is 6.31. The van der Waals surface area contributed by atoms with Crippen molar-refractivity contribution in [2.24, 2.45) is 5.73 Å². The molecule has 1 aliphatic carbocycles. The molecule has 0 saturated carbocycles. The van der Waals surface area contributed by atoms with Crippen molar-refractivity contribution in [1.82, 2.24) is 19.8 Å². The van der Waals surface area contributed by atoms with Gasteiger partial charge in [-0.3, -0.25) is 9.69 Å². The van der Waals surface area contributed by atoms with Gasteiger partial charge in [-0.25, -0.2) is 4.98 Å². The number of amides is 1. The fourth-order valence-corrected chi connectivity index (χ4v) is 4.90. The Morgan fingerprint density at radius 1 is 1.23 bits per heavy atom. The van der Waals surface area contributed by atoms with E-state index < -0.39 is 0 Å². The highest BCUT2D eigenvalue weighted by Gasteiger charge is 2.34. The van der Waals surface area contributed by atoms with Crippen LogP contribution in [0.3, 0.4) is 0 Å². The van der Waals surface area contributed by atoms with E-state index in [0.29, 0.717) is 10.6 Å². The van der Waals surface area contributed by atoms with E-state index in [-0.39, 0.29) is 11.3 Å². The van der Waals surface area contributed by atoms with Crippen molar-refractivity contribution in [3.63, 3.8) is 0 Å². The van der Waals surface area contributed by atoms with E-state index >= 15 is 0 Å². The van der Waals surface area contributed by atoms with E-state index in [1.165, 1.54) is 5.56 Å². The van der Waals surface area contributed by atoms with Crippen LogP contribution in [0.4, 0.5) is 0 Å². The van der Waals surface area contributed by atoms with Gasteiger partial charge in [-0.05, 0) is 37.2 Å². The molecule has 160 valence electrons. The molecule has 3 aromatic rings. The maximum Gasteiger partial charge on any atom is 0.248 e. The van der Waals surface area contributed by atoms with Crippen molar-refractivity contribution in [2.75, 3.05) is 39.8 Å². The monoisotopic (exact) mass is 435 g/mol. The lowest BCUT2D eigenvalue weighted by Gasteiger charge is -2.41. The maximum absolute atomic E-state index is 11.7. The van der Waals surface area contributed by atoms with E-state index in [2.05, 4.69) is 51.1 Å². The number of nitrogens with two attached hydrogens (primary N) is 1. The minimum atomic E-state index is -0.378. The van der Waals surface area contributed by atoms with Gasteiger partial charge in [0, 0.05) is 66.2 Å². The number of nitrogens with one attached hydrogen (secondary N) is 1. The third kappa shape index (κ3) is 3.76. The number of hydrogen-bond acceptors (Lipinski definition) is 4. The quantitative estimate of drug-likeness (QED) is 0.659. The summed E-state index contributed by atoms with van der Waals surface area (Å²) >= 11 is 6.23. The molecule has 5 rings (SSSR count). The Hall–Kier alpha value is -2.67. The molecule has 1 aromatic carbocycles. The molecule has 1 unspecified atom stereocenters. The number of carbonyl (C=O) groups excluding carboxylic acids is 1. The number of allylic oxidation sites excluding steroid dienone is 1. The Morgan fingerprint density at radius 2 is 2.03 bits per heavy atom. The average molecular weight is 436 g/mol. The number of fused-ring (bicyclic) bond motifs is 3. The normalized spacial score (nSPS) is 22.8. The number of likely N-dealkylation sites (N-methyl/N-ethyl adjacent to an activating group) is 1. The average Bonchev–Trinajstić information content (AvgIpc) is 3.13. The first kappa shape index (κ1) is 20.2. The Bertz CT molecular complexity index is 1220. The van der Waals surface area contributed by atoms with Crippen LogP contribution >= 0.6 is 11.6 Å². The van der Waals surface area contributed by atoms with E-state index in [1.54, 1.807) is 6.20 Å². The Balaban J connectivity index is 1.58. The van der Waals surface area contributed by atoms with Crippen LogP contribution in [0, 0.1) is 0 Å². The molecule has 1 atom stereocenters. The number of aromatic amines is 1. The summed E-state index contributed by atoms with van der Waals surface area (Å²) in [6, 6.07) is 8.51. The standard InChI is InChI=1S/C24H26ClN5O/c1-29-8-10-30(11-9-29)15-24(6-4-16(5-7-24)22(26)31)17-2-3-21-19(12-17)20-13-18(25)14-27-23(20)28-21/h2-6,12-14H,7-11,15H2,1H3,(H2,26,31)(H,27,28). The van der Waals surface area contributed by atoms with Crippen molar-refractivity contribution >= 4 is 39.4 Å². The molecule has 1 saturated heterocycles. The number of hydrogen-bond donors (Lipinski definition) is 2. The molecule has 0 bridgehead atoms. The lowest BCUT2D eigenvalue weighted by Crippen LogP contribution is -2.49. The molecule has 2 aromatic heterocycles. The second kappa shape index (κ2) is 7.79. The SMILES string of the molecule is CN1CCN(CC2(c3ccc4[nH]c5ncc(Cl)cc5c4c3)C=CC(C(N)=O)=CC2)CC1. The summed E-state index contributed by atoms with van der Waals surface area (Å²) in [7, 11) is 2.17. The summed E-state index contributed by atoms with van der Waals surface area (Å²) in [5.41, 5.74) is 8.98. The molecule has 3 N–H and O–H groups in total. The molecule has 0 spiro atoms. The van der Waals surface area contributed by atoms with Crippen molar-refractivity contribution in [1.29, 1.82) is 0 Å². The molecule has 1 aliphatic heterocycles. The first-order valence-electron chi connectivity index (χ1n) is 10.6. The minimum absolute atomic E-state index is 0.224. The molecular formula is C24H26ClN5O. The van der Waals surface area contributed by atoms with E-state index in [9.17, 15) is 4.79 Å². The van der Waals surface area contributed by atoms with E-state index in [0.717, 1.165) is 61.1 Å². The Kier molecular flexibility index (Phi) is 5.08.